The highest BCUT2D eigenvalue weighted by atomic mass is 35.5. The van der Waals surface area contributed by atoms with Crippen LogP contribution in [0.2, 0.25) is 15.3 Å². The van der Waals surface area contributed by atoms with Crippen molar-refractivity contribution in [3.63, 3.8) is 0 Å². The van der Waals surface area contributed by atoms with Crippen molar-refractivity contribution >= 4 is 46.0 Å². The summed E-state index contributed by atoms with van der Waals surface area (Å²) >= 11 is 18.7. The maximum atomic E-state index is 6.38. The molecule has 25 heavy (non-hydrogen) atoms. The highest BCUT2D eigenvalue weighted by Gasteiger charge is 2.20. The van der Waals surface area contributed by atoms with Gasteiger partial charge in [-0.05, 0) is 44.2 Å². The number of nitrogens with zero attached hydrogens (tertiary/aromatic N) is 3. The van der Waals surface area contributed by atoms with Gasteiger partial charge in [0.2, 0.25) is 0 Å². The first-order chi connectivity index (χ1) is 12.0. The Morgan fingerprint density at radius 3 is 2.72 bits per heavy atom. The Labute approximate surface area is 160 Å². The molecule has 2 aromatic heterocycles. The maximum absolute atomic E-state index is 6.38. The summed E-state index contributed by atoms with van der Waals surface area (Å²) in [5.41, 5.74) is 2.54. The molecule has 132 valence electrons. The number of imidazole rings is 1. The van der Waals surface area contributed by atoms with Crippen LogP contribution in [-0.2, 0) is 0 Å². The van der Waals surface area contributed by atoms with E-state index in [1.54, 1.807) is 18.5 Å². The summed E-state index contributed by atoms with van der Waals surface area (Å²) in [6.45, 7) is 1.48. The molecule has 2 N–H and O–H groups in total. The molecule has 3 aromatic rings. The van der Waals surface area contributed by atoms with Crippen LogP contribution in [0.5, 0.6) is 5.75 Å². The summed E-state index contributed by atoms with van der Waals surface area (Å²) in [6, 6.07) is 3.42. The van der Waals surface area contributed by atoms with Crippen LogP contribution in [0, 0.1) is 0 Å². The summed E-state index contributed by atoms with van der Waals surface area (Å²) in [4.78, 5) is 16.6. The van der Waals surface area contributed by atoms with Crippen LogP contribution < -0.4 is 9.72 Å². The fourth-order valence-corrected chi connectivity index (χ4v) is 3.13. The van der Waals surface area contributed by atoms with Gasteiger partial charge in [-0.1, -0.05) is 28.2 Å². The average molecular weight is 402 g/mol. The maximum Gasteiger partial charge on any atom is 0.305 e. The largest absolute Gasteiger partial charge is 0.492 e. The molecule has 9 heteroatoms. The standard InChI is InChI=1S/C16H16Cl3N5O/c1-24(2)4-3-5-25-12-6-9(10(17)7-11(12)18)13-14-15(21-8-20-14)23-16(19)22-13/h6-8H,3-5H2,1-2H3,(H,20,21,22,23)/p+1. The second kappa shape index (κ2) is 7.74. The Morgan fingerprint density at radius 1 is 1.16 bits per heavy atom. The fraction of sp³-hybridized carbons (Fsp3) is 0.312. The second-order valence-corrected chi connectivity index (χ2v) is 6.92. The van der Waals surface area contributed by atoms with Crippen LogP contribution in [0.4, 0.5) is 0 Å². The number of rotatable bonds is 6. The molecule has 0 fully saturated rings. The van der Waals surface area contributed by atoms with E-state index in [0.29, 0.717) is 44.8 Å². The van der Waals surface area contributed by atoms with E-state index in [1.165, 1.54) is 0 Å². The molecule has 0 aliphatic rings. The zero-order chi connectivity index (χ0) is 18.0. The number of halogens is 3. The van der Waals surface area contributed by atoms with Gasteiger partial charge < -0.3 is 9.64 Å². The number of hydrogen-bond acceptors (Lipinski definition) is 4. The number of nitrogens with one attached hydrogen (secondary N) is 2. The zero-order valence-electron chi connectivity index (χ0n) is 13.7. The van der Waals surface area contributed by atoms with Gasteiger partial charge in [-0.25, -0.2) is 4.98 Å². The molecule has 0 bridgehead atoms. The van der Waals surface area contributed by atoms with Crippen molar-refractivity contribution in [1.82, 2.24) is 19.9 Å². The van der Waals surface area contributed by atoms with Gasteiger partial charge in [0, 0.05) is 12.1 Å². The molecular formula is C16H17Cl3N5O+. The molecule has 1 aromatic carbocycles. The third kappa shape index (κ3) is 4.15. The lowest BCUT2D eigenvalue weighted by Crippen LogP contribution is -2.15. The van der Waals surface area contributed by atoms with E-state index in [0.717, 1.165) is 13.0 Å². The van der Waals surface area contributed by atoms with Crippen molar-refractivity contribution < 1.29 is 9.72 Å². The number of aromatic nitrogens is 4. The summed E-state index contributed by atoms with van der Waals surface area (Å²) < 4.78 is 5.82. The normalized spacial score (nSPS) is 11.4. The second-order valence-electron chi connectivity index (χ2n) is 5.77. The molecule has 0 saturated carbocycles. The monoisotopic (exact) mass is 400 g/mol. The Balaban J connectivity index is 1.95. The minimum atomic E-state index is 0.123. The van der Waals surface area contributed by atoms with Crippen LogP contribution in [0.1, 0.15) is 6.42 Å². The van der Waals surface area contributed by atoms with Crippen molar-refractivity contribution in [2.24, 2.45) is 0 Å². The third-order valence-corrected chi connectivity index (χ3v) is 4.37. The van der Waals surface area contributed by atoms with Crippen LogP contribution in [0.15, 0.2) is 18.5 Å². The first kappa shape index (κ1) is 18.2. The number of benzene rings is 1. The molecule has 0 saturated heterocycles. The van der Waals surface area contributed by atoms with Crippen LogP contribution >= 0.6 is 34.8 Å². The van der Waals surface area contributed by atoms with Gasteiger partial charge in [0.1, 0.15) is 11.4 Å². The first-order valence-corrected chi connectivity index (χ1v) is 8.78. The molecular weight excluding hydrogens is 385 g/mol. The van der Waals surface area contributed by atoms with E-state index in [-0.39, 0.29) is 5.28 Å². The minimum absolute atomic E-state index is 0.123. The SMILES string of the molecule is CN(C)CCCOc1cc(-c2nc(Cl)nc3[nH+]c[nH]c23)c(Cl)cc1Cl. The van der Waals surface area contributed by atoms with Crippen molar-refractivity contribution in [2.45, 2.75) is 6.42 Å². The van der Waals surface area contributed by atoms with Crippen molar-refractivity contribution in [1.29, 1.82) is 0 Å². The molecule has 0 spiro atoms. The molecule has 0 aliphatic carbocycles. The lowest BCUT2D eigenvalue weighted by molar-refractivity contribution is -0.347. The highest BCUT2D eigenvalue weighted by molar-refractivity contribution is 6.37. The predicted molar refractivity (Wildman–Crippen MR) is 99.6 cm³/mol. The minimum Gasteiger partial charge on any atom is -0.492 e. The summed E-state index contributed by atoms with van der Waals surface area (Å²) in [6.07, 6.45) is 2.54. The van der Waals surface area contributed by atoms with Gasteiger partial charge >= 0.3 is 5.65 Å². The van der Waals surface area contributed by atoms with Gasteiger partial charge in [-0.15, -0.1) is 0 Å². The lowest BCUT2D eigenvalue weighted by atomic mass is 10.1. The molecule has 0 aliphatic heterocycles. The number of ether oxygens (including phenoxy) is 1. The molecule has 0 amide bonds. The van der Waals surface area contributed by atoms with Gasteiger partial charge in [-0.3, -0.25) is 4.98 Å². The van der Waals surface area contributed by atoms with E-state index in [1.807, 2.05) is 14.1 Å². The number of H-pyrrole nitrogens is 2. The summed E-state index contributed by atoms with van der Waals surface area (Å²) in [7, 11) is 4.04. The number of aromatic amines is 2. The van der Waals surface area contributed by atoms with E-state index in [9.17, 15) is 0 Å². The van der Waals surface area contributed by atoms with Crippen molar-refractivity contribution in [2.75, 3.05) is 27.2 Å². The molecule has 3 rings (SSSR count). The van der Waals surface area contributed by atoms with E-state index >= 15 is 0 Å². The van der Waals surface area contributed by atoms with Gasteiger partial charge in [0.05, 0.1) is 16.7 Å². The van der Waals surface area contributed by atoms with Crippen LogP contribution in [0.25, 0.3) is 22.4 Å². The third-order valence-electron chi connectivity index (χ3n) is 3.59. The Hall–Kier alpha value is -1.60. The topological polar surface area (TPSA) is 68.2 Å². The Morgan fingerprint density at radius 2 is 1.96 bits per heavy atom. The summed E-state index contributed by atoms with van der Waals surface area (Å²) in [5, 5.41) is 1.03. The van der Waals surface area contributed by atoms with Crippen molar-refractivity contribution in [3.05, 3.63) is 33.8 Å². The Kier molecular flexibility index (Phi) is 5.64. The van der Waals surface area contributed by atoms with Crippen LogP contribution in [-0.4, -0.2) is 47.1 Å². The summed E-state index contributed by atoms with van der Waals surface area (Å²) in [5.74, 6) is 0.554. The number of fused-ring (bicyclic) bond motifs is 1. The number of hydrogen-bond donors (Lipinski definition) is 1. The van der Waals surface area contributed by atoms with Gasteiger partial charge in [-0.2, -0.15) is 4.98 Å². The van der Waals surface area contributed by atoms with Crippen LogP contribution in [0.3, 0.4) is 0 Å². The molecule has 2 heterocycles. The quantitative estimate of drug-likeness (QED) is 0.505. The smallest absolute Gasteiger partial charge is 0.305 e. The van der Waals surface area contributed by atoms with Gasteiger partial charge in [0.15, 0.2) is 11.8 Å². The van der Waals surface area contributed by atoms with Crippen molar-refractivity contribution in [3.8, 4) is 17.0 Å². The molecule has 0 unspecified atom stereocenters. The fourth-order valence-electron chi connectivity index (χ4n) is 2.43. The van der Waals surface area contributed by atoms with E-state index < -0.39 is 0 Å². The predicted octanol–water partition coefficient (Wildman–Crippen LogP) is 3.73. The van der Waals surface area contributed by atoms with E-state index in [4.69, 9.17) is 39.5 Å². The first-order valence-electron chi connectivity index (χ1n) is 7.65. The molecule has 0 radical (unpaired) electrons. The lowest BCUT2D eigenvalue weighted by Gasteiger charge is -2.13. The Bertz CT molecular complexity index is 897. The van der Waals surface area contributed by atoms with E-state index in [2.05, 4.69) is 24.8 Å². The van der Waals surface area contributed by atoms with Gasteiger partial charge in [0.25, 0.3) is 5.28 Å². The zero-order valence-corrected chi connectivity index (χ0v) is 16.0. The molecule has 0 atom stereocenters. The highest BCUT2D eigenvalue weighted by Crippen LogP contribution is 2.38. The molecule has 6 nitrogen and oxygen atoms in total. The average Bonchev–Trinajstić information content (AvgIpc) is 3.00.